The monoisotopic (exact) mass is 450 g/mol. The number of alkyl halides is 2. The molecule has 0 unspecified atom stereocenters. The number of benzene rings is 2. The minimum Gasteiger partial charge on any atom is -0.429 e. The zero-order chi connectivity index (χ0) is 22.4. The number of ether oxygens (including phenoxy) is 3. The van der Waals surface area contributed by atoms with E-state index in [1.165, 1.54) is 0 Å². The van der Waals surface area contributed by atoms with Crippen LogP contribution >= 0.6 is 0 Å². The van der Waals surface area contributed by atoms with E-state index in [0.29, 0.717) is 38.9 Å². The van der Waals surface area contributed by atoms with Gasteiger partial charge in [-0.05, 0) is 36.5 Å². The Hall–Kier alpha value is -2.33. The Morgan fingerprint density at radius 3 is 1.84 bits per heavy atom. The molecule has 10 heteroatoms. The van der Waals surface area contributed by atoms with Gasteiger partial charge in [0, 0.05) is 25.0 Å². The van der Waals surface area contributed by atoms with Gasteiger partial charge in [-0.25, -0.2) is 22.0 Å². The van der Waals surface area contributed by atoms with Crippen LogP contribution in [0.5, 0.6) is 5.75 Å². The molecule has 2 fully saturated rings. The second-order valence-corrected chi connectivity index (χ2v) is 7.56. The highest BCUT2D eigenvalue weighted by Gasteiger charge is 2.43. The summed E-state index contributed by atoms with van der Waals surface area (Å²) >= 11 is 0. The van der Waals surface area contributed by atoms with E-state index < -0.39 is 52.3 Å². The maximum atomic E-state index is 14.5. The average molecular weight is 450 g/mol. The van der Waals surface area contributed by atoms with E-state index in [4.69, 9.17) is 9.47 Å². The summed E-state index contributed by atoms with van der Waals surface area (Å²) in [7, 11) is 0. The van der Waals surface area contributed by atoms with E-state index in [1.54, 1.807) is 0 Å². The lowest BCUT2D eigenvalue weighted by Gasteiger charge is -2.35. The summed E-state index contributed by atoms with van der Waals surface area (Å²) < 4.78 is 113. The maximum Gasteiger partial charge on any atom is 0.432 e. The van der Waals surface area contributed by atoms with Crippen molar-refractivity contribution in [2.45, 2.75) is 43.5 Å². The van der Waals surface area contributed by atoms with Gasteiger partial charge in [0.2, 0.25) is 0 Å². The van der Waals surface area contributed by atoms with Crippen molar-refractivity contribution in [3.63, 3.8) is 0 Å². The molecule has 1 saturated carbocycles. The molecule has 0 atom stereocenters. The van der Waals surface area contributed by atoms with Crippen LogP contribution in [-0.4, -0.2) is 19.0 Å². The summed E-state index contributed by atoms with van der Waals surface area (Å²) in [4.78, 5) is 0. The van der Waals surface area contributed by atoms with Gasteiger partial charge >= 0.3 is 6.11 Å². The maximum absolute atomic E-state index is 14.5. The minimum absolute atomic E-state index is 0.154. The fourth-order valence-electron chi connectivity index (χ4n) is 4.07. The molecular formula is C21H17F7O3. The number of hydrogen-bond donors (Lipinski definition) is 0. The highest BCUT2D eigenvalue weighted by atomic mass is 19.3. The van der Waals surface area contributed by atoms with Crippen LogP contribution in [0.4, 0.5) is 30.7 Å². The molecule has 1 spiro atoms. The molecule has 0 amide bonds. The van der Waals surface area contributed by atoms with Crippen LogP contribution in [0.15, 0.2) is 24.3 Å². The van der Waals surface area contributed by atoms with Gasteiger partial charge < -0.3 is 14.2 Å². The normalized spacial score (nSPS) is 19.2. The van der Waals surface area contributed by atoms with Crippen LogP contribution in [0, 0.1) is 29.1 Å². The molecule has 1 aliphatic heterocycles. The SMILES string of the molecule is Fc1cc(OC(F)(F)c2c(F)cc(C3CCC4(CC3)OCCO4)cc2F)cc(F)c1F. The second kappa shape index (κ2) is 7.98. The lowest BCUT2D eigenvalue weighted by Crippen LogP contribution is -2.34. The summed E-state index contributed by atoms with van der Waals surface area (Å²) in [6.45, 7) is 0.944. The van der Waals surface area contributed by atoms with Crippen LogP contribution < -0.4 is 4.74 Å². The molecule has 168 valence electrons. The van der Waals surface area contributed by atoms with Crippen molar-refractivity contribution < 1.29 is 44.9 Å². The van der Waals surface area contributed by atoms with Crippen molar-refractivity contribution in [3.05, 3.63) is 64.5 Å². The molecule has 1 saturated heterocycles. The fraction of sp³-hybridized carbons (Fsp3) is 0.429. The first-order valence-electron chi connectivity index (χ1n) is 9.59. The molecule has 2 aliphatic rings. The van der Waals surface area contributed by atoms with Crippen LogP contribution in [-0.2, 0) is 15.6 Å². The van der Waals surface area contributed by atoms with E-state index in [-0.39, 0.29) is 23.6 Å². The van der Waals surface area contributed by atoms with Crippen LogP contribution in [0.3, 0.4) is 0 Å². The summed E-state index contributed by atoms with van der Waals surface area (Å²) in [5, 5.41) is 0. The van der Waals surface area contributed by atoms with E-state index in [9.17, 15) is 30.7 Å². The third-order valence-electron chi connectivity index (χ3n) is 5.59. The molecule has 0 bridgehead atoms. The highest BCUT2D eigenvalue weighted by molar-refractivity contribution is 5.33. The molecule has 1 heterocycles. The lowest BCUT2D eigenvalue weighted by molar-refractivity contribution is -0.189. The van der Waals surface area contributed by atoms with Crippen molar-refractivity contribution in [3.8, 4) is 5.75 Å². The third-order valence-corrected chi connectivity index (χ3v) is 5.59. The topological polar surface area (TPSA) is 27.7 Å². The first kappa shape index (κ1) is 21.9. The Morgan fingerprint density at radius 2 is 1.32 bits per heavy atom. The van der Waals surface area contributed by atoms with Crippen molar-refractivity contribution in [2.24, 2.45) is 0 Å². The van der Waals surface area contributed by atoms with Gasteiger partial charge in [-0.2, -0.15) is 8.78 Å². The standard InChI is InChI=1S/C21H17F7O3/c22-14-7-12(11-1-3-20(4-2-11)29-5-6-30-20)8-15(23)18(14)21(27,28)31-13-9-16(24)19(26)17(25)10-13/h7-11H,1-6H2. The molecule has 0 radical (unpaired) electrons. The smallest absolute Gasteiger partial charge is 0.429 e. The summed E-state index contributed by atoms with van der Waals surface area (Å²) in [5.41, 5.74) is -1.52. The van der Waals surface area contributed by atoms with Crippen LogP contribution in [0.1, 0.15) is 42.7 Å². The molecular weight excluding hydrogens is 433 g/mol. The predicted octanol–water partition coefficient (Wildman–Crippen LogP) is 5.91. The molecule has 0 aromatic heterocycles. The number of hydrogen-bond acceptors (Lipinski definition) is 3. The Morgan fingerprint density at radius 1 is 0.806 bits per heavy atom. The quantitative estimate of drug-likeness (QED) is 0.428. The van der Waals surface area contributed by atoms with E-state index in [1.807, 2.05) is 0 Å². The van der Waals surface area contributed by atoms with E-state index in [2.05, 4.69) is 4.74 Å². The van der Waals surface area contributed by atoms with Crippen LogP contribution in [0.2, 0.25) is 0 Å². The zero-order valence-electron chi connectivity index (χ0n) is 16.0. The Balaban J connectivity index is 1.55. The van der Waals surface area contributed by atoms with Gasteiger partial charge in [-0.3, -0.25) is 0 Å². The van der Waals surface area contributed by atoms with Gasteiger partial charge in [0.05, 0.1) is 13.2 Å². The molecule has 31 heavy (non-hydrogen) atoms. The number of halogens is 7. The Labute approximate surface area is 172 Å². The molecule has 2 aromatic carbocycles. The molecule has 0 N–H and O–H groups in total. The van der Waals surface area contributed by atoms with Crippen molar-refractivity contribution >= 4 is 0 Å². The number of rotatable bonds is 4. The summed E-state index contributed by atoms with van der Waals surface area (Å²) in [6, 6.07) is 1.89. The largest absolute Gasteiger partial charge is 0.432 e. The van der Waals surface area contributed by atoms with Crippen LogP contribution in [0.25, 0.3) is 0 Å². The summed E-state index contributed by atoms with van der Waals surface area (Å²) in [5.74, 6) is -10.7. The molecule has 4 rings (SSSR count). The predicted molar refractivity (Wildman–Crippen MR) is 93.0 cm³/mol. The Bertz CT molecular complexity index is 933. The molecule has 1 aliphatic carbocycles. The van der Waals surface area contributed by atoms with Gasteiger partial charge in [0.1, 0.15) is 22.9 Å². The van der Waals surface area contributed by atoms with Gasteiger partial charge in [0.15, 0.2) is 23.2 Å². The third kappa shape index (κ3) is 4.23. The summed E-state index contributed by atoms with van der Waals surface area (Å²) in [6.07, 6.45) is -2.63. The van der Waals surface area contributed by atoms with Gasteiger partial charge in [0.25, 0.3) is 0 Å². The molecule has 3 nitrogen and oxygen atoms in total. The lowest BCUT2D eigenvalue weighted by atomic mass is 9.80. The molecule has 2 aromatic rings. The van der Waals surface area contributed by atoms with Gasteiger partial charge in [-0.15, -0.1) is 0 Å². The van der Waals surface area contributed by atoms with Crippen molar-refractivity contribution in [1.29, 1.82) is 0 Å². The highest BCUT2D eigenvalue weighted by Crippen LogP contribution is 2.44. The average Bonchev–Trinajstić information content (AvgIpc) is 3.13. The van der Waals surface area contributed by atoms with Crippen molar-refractivity contribution in [2.75, 3.05) is 13.2 Å². The van der Waals surface area contributed by atoms with Gasteiger partial charge in [-0.1, -0.05) is 0 Å². The van der Waals surface area contributed by atoms with E-state index in [0.717, 1.165) is 12.1 Å². The second-order valence-electron chi connectivity index (χ2n) is 7.56. The fourth-order valence-corrected chi connectivity index (χ4v) is 4.07. The zero-order valence-corrected chi connectivity index (χ0v) is 16.0. The van der Waals surface area contributed by atoms with E-state index >= 15 is 0 Å². The Kier molecular flexibility index (Phi) is 5.63. The minimum atomic E-state index is -4.61. The van der Waals surface area contributed by atoms with Crippen molar-refractivity contribution in [1.82, 2.24) is 0 Å². The first-order chi connectivity index (χ1) is 14.6. The first-order valence-corrected chi connectivity index (χ1v) is 9.59.